The summed E-state index contributed by atoms with van der Waals surface area (Å²) in [4.78, 5) is 42.7. The van der Waals surface area contributed by atoms with Gasteiger partial charge in [-0.3, -0.25) is 14.6 Å². The first-order chi connectivity index (χ1) is 14.8. The highest BCUT2D eigenvalue weighted by molar-refractivity contribution is 7.11. The van der Waals surface area contributed by atoms with Crippen molar-refractivity contribution in [2.24, 2.45) is 0 Å². The van der Waals surface area contributed by atoms with Crippen molar-refractivity contribution >= 4 is 39.7 Å². The van der Waals surface area contributed by atoms with Crippen molar-refractivity contribution in [2.45, 2.75) is 39.7 Å². The molecule has 1 N–H and O–H groups in total. The van der Waals surface area contributed by atoms with E-state index < -0.39 is 0 Å². The van der Waals surface area contributed by atoms with Gasteiger partial charge in [0.05, 0.1) is 23.1 Å². The quantitative estimate of drug-likeness (QED) is 0.449. The Balaban J connectivity index is 1.62. The van der Waals surface area contributed by atoms with Gasteiger partial charge < -0.3 is 9.88 Å². The minimum Gasteiger partial charge on any atom is -0.329 e. The molecule has 31 heavy (non-hydrogen) atoms. The molecule has 0 aliphatic carbocycles. The van der Waals surface area contributed by atoms with Gasteiger partial charge in [-0.15, -0.1) is 11.3 Å². The number of rotatable bonds is 6. The molecule has 0 saturated carbocycles. The molecule has 0 aliphatic rings. The lowest BCUT2D eigenvalue weighted by Crippen LogP contribution is -2.13. The molecular formula is C22H22N6O2S. The molecule has 158 valence electrons. The van der Waals surface area contributed by atoms with Gasteiger partial charge in [0.25, 0.3) is 5.91 Å². The van der Waals surface area contributed by atoms with E-state index in [9.17, 15) is 9.59 Å². The Morgan fingerprint density at radius 2 is 1.90 bits per heavy atom. The lowest BCUT2D eigenvalue weighted by molar-refractivity contribution is 0.102. The van der Waals surface area contributed by atoms with Gasteiger partial charge in [0.2, 0.25) is 0 Å². The summed E-state index contributed by atoms with van der Waals surface area (Å²) in [6, 6.07) is 1.75. The van der Waals surface area contributed by atoms with Gasteiger partial charge >= 0.3 is 0 Å². The molecule has 8 nitrogen and oxygen atoms in total. The number of carbonyl (C=O) groups is 2. The fourth-order valence-electron chi connectivity index (χ4n) is 3.19. The molecule has 4 rings (SSSR count). The average Bonchev–Trinajstić information content (AvgIpc) is 3.39. The maximum Gasteiger partial charge on any atom is 0.284 e. The normalized spacial score (nSPS) is 11.4. The summed E-state index contributed by atoms with van der Waals surface area (Å²) in [5.41, 5.74) is 2.87. The largest absolute Gasteiger partial charge is 0.329 e. The topological polar surface area (TPSA) is 103 Å². The van der Waals surface area contributed by atoms with Crippen molar-refractivity contribution in [3.05, 3.63) is 64.4 Å². The van der Waals surface area contributed by atoms with Crippen LogP contribution in [0.25, 0.3) is 11.0 Å². The third kappa shape index (κ3) is 4.09. The number of ketones is 1. The van der Waals surface area contributed by atoms with Crippen LogP contribution in [0, 0.1) is 0 Å². The summed E-state index contributed by atoms with van der Waals surface area (Å²) >= 11 is 1.29. The van der Waals surface area contributed by atoms with Crippen LogP contribution in [0.5, 0.6) is 0 Å². The number of carbonyl (C=O) groups excluding carboxylic acids is 2. The molecule has 0 radical (unpaired) electrons. The predicted molar refractivity (Wildman–Crippen MR) is 120 cm³/mol. The monoisotopic (exact) mass is 434 g/mol. The first-order valence-electron chi connectivity index (χ1n) is 9.92. The third-order valence-corrected chi connectivity index (χ3v) is 5.72. The second kappa shape index (κ2) is 8.35. The van der Waals surface area contributed by atoms with Gasteiger partial charge in [-0.05, 0) is 25.8 Å². The summed E-state index contributed by atoms with van der Waals surface area (Å²) in [5, 5.41) is 5.71. The van der Waals surface area contributed by atoms with Crippen molar-refractivity contribution in [1.29, 1.82) is 0 Å². The number of thiazole rings is 1. The lowest BCUT2D eigenvalue weighted by Gasteiger charge is -2.07. The molecule has 0 fully saturated rings. The number of aromatic nitrogens is 5. The summed E-state index contributed by atoms with van der Waals surface area (Å²) < 4.78 is 1.94. The molecule has 4 aromatic rings. The number of hydrogen-bond acceptors (Lipinski definition) is 7. The second-order valence-corrected chi connectivity index (χ2v) is 8.64. The van der Waals surface area contributed by atoms with Crippen LogP contribution in [-0.2, 0) is 0 Å². The van der Waals surface area contributed by atoms with Crippen molar-refractivity contribution in [3.8, 4) is 0 Å². The number of nitrogens with one attached hydrogen (secondary N) is 1. The third-order valence-electron chi connectivity index (χ3n) is 4.86. The smallest absolute Gasteiger partial charge is 0.284 e. The highest BCUT2D eigenvalue weighted by Crippen LogP contribution is 2.25. The van der Waals surface area contributed by atoms with Crippen LogP contribution in [0.15, 0.2) is 42.6 Å². The molecule has 0 unspecified atom stereocenters. The van der Waals surface area contributed by atoms with Gasteiger partial charge in [0.1, 0.15) is 12.0 Å². The van der Waals surface area contributed by atoms with Crippen LogP contribution < -0.4 is 5.32 Å². The Kier molecular flexibility index (Phi) is 5.60. The summed E-state index contributed by atoms with van der Waals surface area (Å²) in [6.07, 6.45) is 7.89. The number of anilines is 1. The maximum absolute atomic E-state index is 13.3. The first kappa shape index (κ1) is 20.8. The molecule has 0 saturated heterocycles. The van der Waals surface area contributed by atoms with E-state index in [1.807, 2.05) is 37.6 Å². The van der Waals surface area contributed by atoms with E-state index in [1.165, 1.54) is 30.1 Å². The van der Waals surface area contributed by atoms with E-state index in [-0.39, 0.29) is 23.7 Å². The molecule has 4 aromatic heterocycles. The van der Waals surface area contributed by atoms with Crippen LogP contribution >= 0.6 is 11.3 Å². The zero-order chi connectivity index (χ0) is 22.1. The van der Waals surface area contributed by atoms with Crippen LogP contribution in [0.2, 0.25) is 0 Å². The van der Waals surface area contributed by atoms with Crippen molar-refractivity contribution < 1.29 is 9.59 Å². The van der Waals surface area contributed by atoms with Crippen LogP contribution in [-0.4, -0.2) is 36.2 Å². The highest BCUT2D eigenvalue weighted by Gasteiger charge is 2.20. The molecule has 0 atom stereocenters. The van der Waals surface area contributed by atoms with Crippen molar-refractivity contribution in [2.75, 3.05) is 5.32 Å². The van der Waals surface area contributed by atoms with E-state index in [2.05, 4.69) is 25.3 Å². The van der Waals surface area contributed by atoms with Gasteiger partial charge in [0, 0.05) is 41.0 Å². The van der Waals surface area contributed by atoms with E-state index >= 15 is 0 Å². The number of pyridine rings is 1. The Morgan fingerprint density at radius 1 is 1.10 bits per heavy atom. The van der Waals surface area contributed by atoms with E-state index in [0.29, 0.717) is 32.9 Å². The van der Waals surface area contributed by atoms with Gasteiger partial charge in [0.15, 0.2) is 10.8 Å². The minimum atomic E-state index is -0.326. The Bertz CT molecular complexity index is 1270. The average molecular weight is 435 g/mol. The van der Waals surface area contributed by atoms with E-state index in [0.717, 1.165) is 5.69 Å². The molecular weight excluding hydrogens is 412 g/mol. The predicted octanol–water partition coefficient (Wildman–Crippen LogP) is 4.47. The fourth-order valence-corrected chi connectivity index (χ4v) is 4.06. The molecule has 1 amide bonds. The molecule has 0 aromatic carbocycles. The highest BCUT2D eigenvalue weighted by atomic mass is 32.1. The molecule has 4 heterocycles. The van der Waals surface area contributed by atoms with Crippen molar-refractivity contribution in [3.63, 3.8) is 0 Å². The maximum atomic E-state index is 13.3. The Hall–Kier alpha value is -3.46. The first-order valence-corrected chi connectivity index (χ1v) is 10.8. The zero-order valence-corrected chi connectivity index (χ0v) is 18.5. The number of fused-ring (bicyclic) bond motifs is 1. The lowest BCUT2D eigenvalue weighted by atomic mass is 10.1. The van der Waals surface area contributed by atoms with Crippen LogP contribution in [0.4, 0.5) is 5.69 Å². The Morgan fingerprint density at radius 3 is 2.61 bits per heavy atom. The second-order valence-electron chi connectivity index (χ2n) is 7.78. The molecule has 9 heteroatoms. The molecule has 0 aliphatic heterocycles. The summed E-state index contributed by atoms with van der Waals surface area (Å²) in [5.74, 6) is -0.287. The number of nitrogens with zero attached hydrogens (tertiary/aromatic N) is 5. The minimum absolute atomic E-state index is 0.136. The van der Waals surface area contributed by atoms with Crippen LogP contribution in [0.3, 0.4) is 0 Å². The SMILES string of the molecule is CC(C)c1csc(C(=O)Nc2cncc(C(=O)c3cn(C(C)C)c4ncncc34)c2)n1. The number of hydrogen-bond donors (Lipinski definition) is 1. The van der Waals surface area contributed by atoms with Gasteiger partial charge in [-0.1, -0.05) is 13.8 Å². The van der Waals surface area contributed by atoms with Crippen LogP contribution in [0.1, 0.15) is 71.1 Å². The van der Waals surface area contributed by atoms with Gasteiger partial charge in [-0.25, -0.2) is 15.0 Å². The van der Waals surface area contributed by atoms with Crippen molar-refractivity contribution in [1.82, 2.24) is 24.5 Å². The van der Waals surface area contributed by atoms with E-state index in [4.69, 9.17) is 0 Å². The standard InChI is InChI=1S/C22H22N6O2S/c1-12(2)18-10-31-22(27-18)21(30)26-15-5-14(6-23-7-15)19(29)17-9-28(13(3)4)20-16(17)8-24-11-25-20/h5-13H,1-4H3,(H,26,30). The van der Waals surface area contributed by atoms with E-state index in [1.54, 1.807) is 18.5 Å². The van der Waals surface area contributed by atoms with Gasteiger partial charge in [-0.2, -0.15) is 0 Å². The number of amides is 1. The summed E-state index contributed by atoms with van der Waals surface area (Å²) in [7, 11) is 0. The fraction of sp³-hybridized carbons (Fsp3) is 0.273. The zero-order valence-electron chi connectivity index (χ0n) is 17.7. The molecule has 0 spiro atoms. The summed E-state index contributed by atoms with van der Waals surface area (Å²) in [6.45, 7) is 8.10. The molecule has 0 bridgehead atoms. The Labute approximate surface area is 183 Å².